The van der Waals surface area contributed by atoms with Crippen LogP contribution in [0.15, 0.2) is 30.5 Å². The molecule has 0 unspecified atom stereocenters. The number of nitrogens with one attached hydrogen (secondary N) is 1. The molecule has 27 heavy (non-hydrogen) atoms. The molecule has 1 fully saturated rings. The Labute approximate surface area is 161 Å². The molecule has 0 saturated heterocycles. The smallest absolute Gasteiger partial charge is 0.225 e. The van der Waals surface area contributed by atoms with E-state index in [-0.39, 0.29) is 5.91 Å². The van der Waals surface area contributed by atoms with Crippen molar-refractivity contribution in [1.29, 1.82) is 0 Å². The molecule has 1 N–H and O–H groups in total. The molecule has 3 rings (SSSR count). The summed E-state index contributed by atoms with van der Waals surface area (Å²) in [6.45, 7) is 2.11. The number of aromatic nitrogens is 2. The topological polar surface area (TPSA) is 64.1 Å². The molecular weight excluding hydrogens is 338 g/mol. The number of amides is 1. The van der Waals surface area contributed by atoms with Gasteiger partial charge in [0.2, 0.25) is 5.91 Å². The van der Waals surface area contributed by atoms with Crippen molar-refractivity contribution in [2.45, 2.75) is 58.3 Å². The molecule has 0 atom stereocenters. The molecule has 2 aromatic rings. The average molecular weight is 367 g/mol. The molecule has 1 heterocycles. The Morgan fingerprint density at radius 2 is 1.93 bits per heavy atom. The predicted octanol–water partition coefficient (Wildman–Crippen LogP) is 5.01. The van der Waals surface area contributed by atoms with Crippen LogP contribution in [0, 0.1) is 5.92 Å². The van der Waals surface area contributed by atoms with Gasteiger partial charge in [-0.25, -0.2) is 9.97 Å². The first-order valence-electron chi connectivity index (χ1n) is 9.99. The Morgan fingerprint density at radius 3 is 2.59 bits per heavy atom. The number of aryl methyl sites for hydroxylation is 1. The molecule has 5 nitrogen and oxygen atoms in total. The first-order valence-corrected chi connectivity index (χ1v) is 9.99. The standard InChI is InChI=1S/C22H29N3O2/c1-3-7-19-22(25-21(26)14-16-8-5-4-6-9-16)23-15-20(24-19)17-10-12-18(27-2)13-11-17/h10-13,15-16H,3-9,14H2,1-2H3,(H,23,25,26). The predicted molar refractivity (Wildman–Crippen MR) is 108 cm³/mol. The maximum Gasteiger partial charge on any atom is 0.225 e. The highest BCUT2D eigenvalue weighted by Gasteiger charge is 2.18. The van der Waals surface area contributed by atoms with Gasteiger partial charge >= 0.3 is 0 Å². The number of rotatable bonds is 7. The zero-order chi connectivity index (χ0) is 19.1. The van der Waals surface area contributed by atoms with E-state index in [9.17, 15) is 4.79 Å². The van der Waals surface area contributed by atoms with E-state index >= 15 is 0 Å². The SMILES string of the molecule is CCCc1nc(-c2ccc(OC)cc2)cnc1NC(=O)CC1CCCCC1. The molecule has 0 aliphatic heterocycles. The van der Waals surface area contributed by atoms with E-state index < -0.39 is 0 Å². The maximum absolute atomic E-state index is 12.5. The van der Waals surface area contributed by atoms with Gasteiger partial charge in [0, 0.05) is 12.0 Å². The molecule has 1 aliphatic carbocycles. The first kappa shape index (κ1) is 19.3. The van der Waals surface area contributed by atoms with Crippen molar-refractivity contribution in [3.05, 3.63) is 36.2 Å². The lowest BCUT2D eigenvalue weighted by Crippen LogP contribution is -2.20. The van der Waals surface area contributed by atoms with Crippen LogP contribution in [-0.2, 0) is 11.2 Å². The first-order chi connectivity index (χ1) is 13.2. The number of carbonyl (C=O) groups excluding carboxylic acids is 1. The molecule has 1 amide bonds. The van der Waals surface area contributed by atoms with E-state index in [1.54, 1.807) is 13.3 Å². The van der Waals surface area contributed by atoms with Crippen LogP contribution in [0.4, 0.5) is 5.82 Å². The molecule has 0 bridgehead atoms. The molecule has 0 spiro atoms. The number of carbonyl (C=O) groups is 1. The molecule has 1 aliphatic rings. The summed E-state index contributed by atoms with van der Waals surface area (Å²) < 4.78 is 5.21. The van der Waals surface area contributed by atoms with Gasteiger partial charge in [-0.05, 0) is 49.4 Å². The van der Waals surface area contributed by atoms with Crippen molar-refractivity contribution in [2.24, 2.45) is 5.92 Å². The minimum absolute atomic E-state index is 0.0609. The van der Waals surface area contributed by atoms with Crippen LogP contribution in [-0.4, -0.2) is 23.0 Å². The third-order valence-corrected chi connectivity index (χ3v) is 5.17. The third-order valence-electron chi connectivity index (χ3n) is 5.17. The number of hydrogen-bond donors (Lipinski definition) is 1. The van der Waals surface area contributed by atoms with Crippen LogP contribution in [0.25, 0.3) is 11.3 Å². The highest BCUT2D eigenvalue weighted by molar-refractivity contribution is 5.90. The van der Waals surface area contributed by atoms with Gasteiger partial charge in [0.15, 0.2) is 5.82 Å². The quantitative estimate of drug-likeness (QED) is 0.747. The average Bonchev–Trinajstić information content (AvgIpc) is 2.70. The lowest BCUT2D eigenvalue weighted by atomic mass is 9.87. The van der Waals surface area contributed by atoms with E-state index in [1.165, 1.54) is 19.3 Å². The summed E-state index contributed by atoms with van der Waals surface area (Å²) in [4.78, 5) is 21.8. The summed E-state index contributed by atoms with van der Waals surface area (Å²) >= 11 is 0. The summed E-state index contributed by atoms with van der Waals surface area (Å²) in [5.41, 5.74) is 2.65. The number of methoxy groups -OCH3 is 1. The summed E-state index contributed by atoms with van der Waals surface area (Å²) in [6.07, 6.45) is 10.2. The van der Waals surface area contributed by atoms with Gasteiger partial charge in [0.25, 0.3) is 0 Å². The van der Waals surface area contributed by atoms with Gasteiger partial charge in [-0.3, -0.25) is 4.79 Å². The van der Waals surface area contributed by atoms with Crippen LogP contribution in [0.2, 0.25) is 0 Å². The second-order valence-electron chi connectivity index (χ2n) is 7.29. The minimum Gasteiger partial charge on any atom is -0.497 e. The van der Waals surface area contributed by atoms with Crippen LogP contribution in [0.1, 0.15) is 57.6 Å². The fourth-order valence-electron chi connectivity index (χ4n) is 3.68. The largest absolute Gasteiger partial charge is 0.497 e. The van der Waals surface area contributed by atoms with Crippen molar-refractivity contribution in [3.63, 3.8) is 0 Å². The monoisotopic (exact) mass is 367 g/mol. The zero-order valence-electron chi connectivity index (χ0n) is 16.3. The summed E-state index contributed by atoms with van der Waals surface area (Å²) in [7, 11) is 1.65. The zero-order valence-corrected chi connectivity index (χ0v) is 16.3. The minimum atomic E-state index is 0.0609. The van der Waals surface area contributed by atoms with Crippen molar-refractivity contribution < 1.29 is 9.53 Å². The van der Waals surface area contributed by atoms with Crippen LogP contribution in [0.5, 0.6) is 5.75 Å². The van der Waals surface area contributed by atoms with E-state index in [2.05, 4.69) is 17.2 Å². The van der Waals surface area contributed by atoms with Gasteiger partial charge in [-0.2, -0.15) is 0 Å². The molecule has 0 radical (unpaired) electrons. The van der Waals surface area contributed by atoms with Gasteiger partial charge < -0.3 is 10.1 Å². The molecule has 5 heteroatoms. The van der Waals surface area contributed by atoms with Gasteiger partial charge in [0.05, 0.1) is 24.7 Å². The third kappa shape index (κ3) is 5.28. The van der Waals surface area contributed by atoms with E-state index in [1.807, 2.05) is 24.3 Å². The lowest BCUT2D eigenvalue weighted by molar-refractivity contribution is -0.117. The molecule has 1 aromatic heterocycles. The Kier molecular flexibility index (Phi) is 6.80. The second kappa shape index (κ2) is 9.49. The molecular formula is C22H29N3O2. The molecule has 144 valence electrons. The lowest BCUT2D eigenvalue weighted by Gasteiger charge is -2.21. The Morgan fingerprint density at radius 1 is 1.19 bits per heavy atom. The normalized spacial score (nSPS) is 14.7. The summed E-state index contributed by atoms with van der Waals surface area (Å²) in [5.74, 6) is 1.99. The second-order valence-corrected chi connectivity index (χ2v) is 7.29. The van der Waals surface area contributed by atoms with Gasteiger partial charge in [0.1, 0.15) is 5.75 Å². The van der Waals surface area contributed by atoms with Gasteiger partial charge in [-0.1, -0.05) is 32.6 Å². The van der Waals surface area contributed by atoms with Crippen molar-refractivity contribution in [3.8, 4) is 17.0 Å². The fourth-order valence-corrected chi connectivity index (χ4v) is 3.68. The maximum atomic E-state index is 12.5. The van der Waals surface area contributed by atoms with Gasteiger partial charge in [-0.15, -0.1) is 0 Å². The number of nitrogens with zero attached hydrogens (tertiary/aromatic N) is 2. The van der Waals surface area contributed by atoms with E-state index in [4.69, 9.17) is 9.72 Å². The summed E-state index contributed by atoms with van der Waals surface area (Å²) in [6, 6.07) is 7.77. The number of ether oxygens (including phenoxy) is 1. The Balaban J connectivity index is 1.73. The van der Waals surface area contributed by atoms with Crippen molar-refractivity contribution in [2.75, 3.05) is 12.4 Å². The van der Waals surface area contributed by atoms with Crippen LogP contribution >= 0.6 is 0 Å². The van der Waals surface area contributed by atoms with Crippen molar-refractivity contribution >= 4 is 11.7 Å². The number of benzene rings is 1. The van der Waals surface area contributed by atoms with Crippen molar-refractivity contribution in [1.82, 2.24) is 9.97 Å². The molecule has 1 aromatic carbocycles. The highest BCUT2D eigenvalue weighted by atomic mass is 16.5. The molecule has 1 saturated carbocycles. The van der Waals surface area contributed by atoms with E-state index in [0.29, 0.717) is 18.2 Å². The van der Waals surface area contributed by atoms with Crippen LogP contribution in [0.3, 0.4) is 0 Å². The van der Waals surface area contributed by atoms with Crippen LogP contribution < -0.4 is 10.1 Å². The Hall–Kier alpha value is -2.43. The highest BCUT2D eigenvalue weighted by Crippen LogP contribution is 2.27. The number of anilines is 1. The Bertz CT molecular complexity index is 753. The summed E-state index contributed by atoms with van der Waals surface area (Å²) in [5, 5.41) is 3.01. The van der Waals surface area contributed by atoms with E-state index in [0.717, 1.165) is 48.4 Å². The number of hydrogen-bond acceptors (Lipinski definition) is 4. The fraction of sp³-hybridized carbons (Fsp3) is 0.500.